The third-order valence-electron chi connectivity index (χ3n) is 3.56. The smallest absolute Gasteiger partial charge is 0.207 e. The third-order valence-corrected chi connectivity index (χ3v) is 5.10. The lowest BCUT2D eigenvalue weighted by molar-refractivity contribution is 0.504. The number of nitrogens with one attached hydrogen (secondary N) is 1. The van der Waals surface area contributed by atoms with Gasteiger partial charge in [0.05, 0.1) is 4.90 Å². The first-order valence-electron chi connectivity index (χ1n) is 6.75. The molecule has 1 unspecified atom stereocenters. The van der Waals surface area contributed by atoms with Crippen molar-refractivity contribution in [3.63, 3.8) is 0 Å². The second-order valence-electron chi connectivity index (χ2n) is 5.26. The van der Waals surface area contributed by atoms with Gasteiger partial charge in [0, 0.05) is 6.04 Å². The van der Waals surface area contributed by atoms with Gasteiger partial charge < -0.3 is 0 Å². The van der Waals surface area contributed by atoms with Gasteiger partial charge in [0.1, 0.15) is 0 Å². The van der Waals surface area contributed by atoms with Gasteiger partial charge in [-0.1, -0.05) is 12.1 Å². The zero-order chi connectivity index (χ0) is 16.5. The van der Waals surface area contributed by atoms with Crippen LogP contribution in [0.3, 0.4) is 0 Å². The van der Waals surface area contributed by atoms with Crippen molar-refractivity contribution in [2.75, 3.05) is 0 Å². The van der Waals surface area contributed by atoms with Crippen LogP contribution in [0.1, 0.15) is 29.7 Å². The minimum atomic E-state index is -3.74. The highest BCUT2D eigenvalue weighted by atomic mass is 32.2. The lowest BCUT2D eigenvalue weighted by Gasteiger charge is -2.15. The summed E-state index contributed by atoms with van der Waals surface area (Å²) in [6.07, 6.45) is 0. The summed E-state index contributed by atoms with van der Waals surface area (Å²) in [5, 5.41) is 0. The van der Waals surface area contributed by atoms with Gasteiger partial charge in [0.2, 0.25) is 10.0 Å². The van der Waals surface area contributed by atoms with Gasteiger partial charge in [-0.15, -0.1) is 0 Å². The largest absolute Gasteiger partial charge is 0.241 e. The Bertz CT molecular complexity index is 804. The molecule has 0 spiro atoms. The van der Waals surface area contributed by atoms with Gasteiger partial charge in [0.15, 0.2) is 11.6 Å². The minimum absolute atomic E-state index is 0.144. The Hall–Kier alpha value is -1.79. The van der Waals surface area contributed by atoms with E-state index in [1.54, 1.807) is 19.1 Å². The van der Waals surface area contributed by atoms with Crippen molar-refractivity contribution < 1.29 is 17.2 Å². The van der Waals surface area contributed by atoms with Gasteiger partial charge in [-0.2, -0.15) is 0 Å². The van der Waals surface area contributed by atoms with Gasteiger partial charge >= 0.3 is 0 Å². The van der Waals surface area contributed by atoms with Crippen molar-refractivity contribution >= 4 is 10.0 Å². The molecular weight excluding hydrogens is 308 g/mol. The van der Waals surface area contributed by atoms with Crippen LogP contribution in [0, 0.1) is 25.5 Å². The maximum Gasteiger partial charge on any atom is 0.241 e. The van der Waals surface area contributed by atoms with E-state index >= 15 is 0 Å². The molecule has 0 aliphatic heterocycles. The Morgan fingerprint density at radius 3 is 2.23 bits per heavy atom. The first-order chi connectivity index (χ1) is 10.2. The van der Waals surface area contributed by atoms with Crippen LogP contribution in [0.25, 0.3) is 0 Å². The first kappa shape index (κ1) is 16.6. The molecule has 0 radical (unpaired) electrons. The molecule has 0 saturated carbocycles. The predicted octanol–water partition coefficient (Wildman–Crippen LogP) is 3.62. The standard InChI is InChI=1S/C16H17F2NO2S/c1-10-4-6-14(8-11(10)2)22(20,21)19-12(3)13-5-7-15(17)16(18)9-13/h4-9,12,19H,1-3H3. The van der Waals surface area contributed by atoms with Crippen molar-refractivity contribution in [3.8, 4) is 0 Å². The molecule has 0 fully saturated rings. The lowest BCUT2D eigenvalue weighted by atomic mass is 10.1. The molecule has 0 amide bonds. The average Bonchev–Trinajstić information content (AvgIpc) is 2.44. The zero-order valence-electron chi connectivity index (χ0n) is 12.5. The molecular formula is C16H17F2NO2S. The third kappa shape index (κ3) is 3.51. The zero-order valence-corrected chi connectivity index (χ0v) is 13.3. The average molecular weight is 325 g/mol. The van der Waals surface area contributed by atoms with Crippen molar-refractivity contribution in [2.24, 2.45) is 0 Å². The fraction of sp³-hybridized carbons (Fsp3) is 0.250. The maximum absolute atomic E-state index is 13.2. The molecule has 0 aliphatic rings. The highest BCUT2D eigenvalue weighted by Crippen LogP contribution is 2.20. The molecule has 6 heteroatoms. The highest BCUT2D eigenvalue weighted by Gasteiger charge is 2.19. The van der Waals surface area contributed by atoms with Crippen molar-refractivity contribution in [2.45, 2.75) is 31.7 Å². The number of halogens is 2. The molecule has 0 saturated heterocycles. The van der Waals surface area contributed by atoms with Crippen LogP contribution >= 0.6 is 0 Å². The van der Waals surface area contributed by atoms with E-state index in [0.29, 0.717) is 5.56 Å². The highest BCUT2D eigenvalue weighted by molar-refractivity contribution is 7.89. The fourth-order valence-electron chi connectivity index (χ4n) is 2.03. The molecule has 2 aromatic carbocycles. The second kappa shape index (κ2) is 6.14. The number of hydrogen-bond donors (Lipinski definition) is 1. The fourth-order valence-corrected chi connectivity index (χ4v) is 3.35. The maximum atomic E-state index is 13.2. The summed E-state index contributed by atoms with van der Waals surface area (Å²) in [7, 11) is -3.74. The van der Waals surface area contributed by atoms with Crippen LogP contribution < -0.4 is 4.72 Å². The van der Waals surface area contributed by atoms with Crippen LogP contribution in [-0.2, 0) is 10.0 Å². The minimum Gasteiger partial charge on any atom is -0.207 e. The van der Waals surface area contributed by atoms with Crippen LogP contribution in [0.15, 0.2) is 41.3 Å². The normalized spacial score (nSPS) is 13.1. The summed E-state index contributed by atoms with van der Waals surface area (Å²) in [4.78, 5) is 0.144. The van der Waals surface area contributed by atoms with Crippen LogP contribution in [0.2, 0.25) is 0 Å². The van der Waals surface area contributed by atoms with E-state index < -0.39 is 27.7 Å². The number of rotatable bonds is 4. The molecule has 2 aromatic rings. The molecule has 0 aliphatic carbocycles. The Balaban J connectivity index is 2.27. The number of aryl methyl sites for hydroxylation is 2. The molecule has 118 valence electrons. The first-order valence-corrected chi connectivity index (χ1v) is 8.23. The Morgan fingerprint density at radius 2 is 1.64 bits per heavy atom. The quantitative estimate of drug-likeness (QED) is 0.933. The predicted molar refractivity (Wildman–Crippen MR) is 81.0 cm³/mol. The summed E-state index contributed by atoms with van der Waals surface area (Å²) < 4.78 is 53.3. The van der Waals surface area contributed by atoms with Crippen LogP contribution in [-0.4, -0.2) is 8.42 Å². The molecule has 0 bridgehead atoms. The number of benzene rings is 2. The second-order valence-corrected chi connectivity index (χ2v) is 6.98. The van der Waals surface area contributed by atoms with E-state index in [1.165, 1.54) is 12.1 Å². The van der Waals surface area contributed by atoms with Gasteiger partial charge in [-0.05, 0) is 61.7 Å². The van der Waals surface area contributed by atoms with Crippen molar-refractivity contribution in [3.05, 3.63) is 64.7 Å². The van der Waals surface area contributed by atoms with Crippen molar-refractivity contribution in [1.82, 2.24) is 4.72 Å². The van der Waals surface area contributed by atoms with Gasteiger partial charge in [-0.25, -0.2) is 21.9 Å². The topological polar surface area (TPSA) is 46.2 Å². The summed E-state index contributed by atoms with van der Waals surface area (Å²) in [5.74, 6) is -1.97. The molecule has 22 heavy (non-hydrogen) atoms. The lowest BCUT2D eigenvalue weighted by Crippen LogP contribution is -2.27. The Kier molecular flexibility index (Phi) is 4.63. The molecule has 1 atom stereocenters. The van der Waals surface area contributed by atoms with E-state index in [-0.39, 0.29) is 4.90 Å². The number of hydrogen-bond acceptors (Lipinski definition) is 2. The molecule has 3 nitrogen and oxygen atoms in total. The van der Waals surface area contributed by atoms with E-state index in [4.69, 9.17) is 0 Å². The van der Waals surface area contributed by atoms with E-state index in [2.05, 4.69) is 4.72 Å². The monoisotopic (exact) mass is 325 g/mol. The molecule has 2 rings (SSSR count). The SMILES string of the molecule is Cc1ccc(S(=O)(=O)NC(C)c2ccc(F)c(F)c2)cc1C. The summed E-state index contributed by atoms with van der Waals surface area (Å²) in [6, 6.07) is 7.46. The summed E-state index contributed by atoms with van der Waals surface area (Å²) in [6.45, 7) is 5.29. The molecule has 1 N–H and O–H groups in total. The molecule has 0 aromatic heterocycles. The van der Waals surface area contributed by atoms with E-state index in [9.17, 15) is 17.2 Å². The van der Waals surface area contributed by atoms with Crippen LogP contribution in [0.4, 0.5) is 8.78 Å². The van der Waals surface area contributed by atoms with Gasteiger partial charge in [-0.3, -0.25) is 0 Å². The van der Waals surface area contributed by atoms with E-state index in [1.807, 2.05) is 13.8 Å². The van der Waals surface area contributed by atoms with Crippen LogP contribution in [0.5, 0.6) is 0 Å². The van der Waals surface area contributed by atoms with E-state index in [0.717, 1.165) is 23.3 Å². The number of sulfonamides is 1. The Labute approximate surface area is 129 Å². The van der Waals surface area contributed by atoms with Gasteiger partial charge in [0.25, 0.3) is 0 Å². The Morgan fingerprint density at radius 1 is 0.955 bits per heavy atom. The molecule has 0 heterocycles. The summed E-state index contributed by atoms with van der Waals surface area (Å²) >= 11 is 0. The van der Waals surface area contributed by atoms with Crippen molar-refractivity contribution in [1.29, 1.82) is 0 Å². The summed E-state index contributed by atoms with van der Waals surface area (Å²) in [5.41, 5.74) is 2.21.